The number of methoxy groups -OCH3 is 1. The summed E-state index contributed by atoms with van der Waals surface area (Å²) in [6.45, 7) is 5.29. The molecule has 1 N–H and O–H groups in total. The number of rotatable bonds is 6. The molecule has 0 spiro atoms. The highest BCUT2D eigenvalue weighted by Gasteiger charge is 2.17. The quantitative estimate of drug-likeness (QED) is 0.882. The van der Waals surface area contributed by atoms with Crippen LogP contribution in [0, 0.1) is 5.92 Å². The summed E-state index contributed by atoms with van der Waals surface area (Å²) in [5, 5.41) is 3.33. The topological polar surface area (TPSA) is 50.3 Å². The number of aromatic nitrogens is 2. The van der Waals surface area contributed by atoms with Crippen molar-refractivity contribution in [1.29, 1.82) is 0 Å². The van der Waals surface area contributed by atoms with Crippen molar-refractivity contribution < 1.29 is 4.74 Å². The summed E-state index contributed by atoms with van der Waals surface area (Å²) in [7, 11) is 1.68. The zero-order valence-corrected chi connectivity index (χ0v) is 14.5. The number of hydrogen-bond acceptors (Lipinski definition) is 5. The van der Waals surface area contributed by atoms with Gasteiger partial charge in [0, 0.05) is 25.8 Å². The van der Waals surface area contributed by atoms with Crippen LogP contribution in [0.25, 0.3) is 0 Å². The van der Waals surface area contributed by atoms with E-state index in [2.05, 4.69) is 39.2 Å². The molecule has 24 heavy (non-hydrogen) atoms. The molecule has 1 aromatic heterocycles. The molecule has 128 valence electrons. The molecular formula is C19H26N4O. The van der Waals surface area contributed by atoms with Crippen molar-refractivity contribution in [3.8, 4) is 5.75 Å². The van der Waals surface area contributed by atoms with E-state index in [1.165, 1.54) is 18.4 Å². The molecule has 0 bridgehead atoms. The first-order chi connectivity index (χ1) is 11.7. The zero-order chi connectivity index (χ0) is 16.8. The molecule has 1 aliphatic rings. The minimum absolute atomic E-state index is 0.708. The van der Waals surface area contributed by atoms with Crippen LogP contribution in [-0.2, 0) is 6.42 Å². The fraction of sp³-hybridized carbons (Fsp3) is 0.474. The van der Waals surface area contributed by atoms with Gasteiger partial charge in [-0.25, -0.2) is 4.98 Å². The molecule has 1 unspecified atom stereocenters. The summed E-state index contributed by atoms with van der Waals surface area (Å²) in [6, 6.07) is 10.2. The third-order valence-corrected chi connectivity index (χ3v) is 4.48. The summed E-state index contributed by atoms with van der Waals surface area (Å²) in [5.74, 6) is 3.36. The van der Waals surface area contributed by atoms with Crippen LogP contribution in [-0.4, -0.2) is 36.7 Å². The fourth-order valence-electron chi connectivity index (χ4n) is 3.12. The molecule has 2 aromatic rings. The fourth-order valence-corrected chi connectivity index (χ4v) is 3.12. The van der Waals surface area contributed by atoms with Crippen molar-refractivity contribution >= 4 is 11.8 Å². The third-order valence-electron chi connectivity index (χ3n) is 4.48. The van der Waals surface area contributed by atoms with Gasteiger partial charge in [-0.1, -0.05) is 19.1 Å². The van der Waals surface area contributed by atoms with Crippen molar-refractivity contribution in [1.82, 2.24) is 9.97 Å². The number of nitrogens with zero attached hydrogens (tertiary/aromatic N) is 3. The molecule has 0 aliphatic carbocycles. The van der Waals surface area contributed by atoms with Gasteiger partial charge in [0.05, 0.1) is 7.11 Å². The first-order valence-corrected chi connectivity index (χ1v) is 8.69. The van der Waals surface area contributed by atoms with E-state index in [0.29, 0.717) is 5.95 Å². The smallest absolute Gasteiger partial charge is 0.224 e. The maximum atomic E-state index is 5.18. The summed E-state index contributed by atoms with van der Waals surface area (Å²) in [4.78, 5) is 11.4. The van der Waals surface area contributed by atoms with E-state index in [1.807, 2.05) is 24.4 Å². The Bertz CT molecular complexity index is 644. The van der Waals surface area contributed by atoms with Gasteiger partial charge >= 0.3 is 0 Å². The van der Waals surface area contributed by atoms with Gasteiger partial charge in [-0.05, 0) is 48.9 Å². The minimum atomic E-state index is 0.708. The minimum Gasteiger partial charge on any atom is -0.497 e. The van der Waals surface area contributed by atoms with Crippen LogP contribution in [0.4, 0.5) is 11.8 Å². The van der Waals surface area contributed by atoms with Gasteiger partial charge in [0.1, 0.15) is 11.6 Å². The van der Waals surface area contributed by atoms with Crippen LogP contribution in [0.3, 0.4) is 0 Å². The second kappa shape index (κ2) is 7.99. The molecule has 0 radical (unpaired) electrons. The van der Waals surface area contributed by atoms with Crippen molar-refractivity contribution in [2.24, 2.45) is 5.92 Å². The Balaban J connectivity index is 1.54. The van der Waals surface area contributed by atoms with Crippen molar-refractivity contribution in [3.63, 3.8) is 0 Å². The Labute approximate surface area is 144 Å². The molecule has 5 heteroatoms. The lowest BCUT2D eigenvalue weighted by Crippen LogP contribution is -2.34. The molecule has 1 aromatic carbocycles. The van der Waals surface area contributed by atoms with Crippen LogP contribution >= 0.6 is 0 Å². The van der Waals surface area contributed by atoms with Crippen LogP contribution < -0.4 is 15.0 Å². The van der Waals surface area contributed by atoms with E-state index in [-0.39, 0.29) is 0 Å². The first-order valence-electron chi connectivity index (χ1n) is 8.69. The maximum absolute atomic E-state index is 5.18. The summed E-state index contributed by atoms with van der Waals surface area (Å²) >= 11 is 0. The van der Waals surface area contributed by atoms with E-state index in [0.717, 1.165) is 43.5 Å². The number of ether oxygens (including phenoxy) is 1. The summed E-state index contributed by atoms with van der Waals surface area (Å²) in [6.07, 6.45) is 5.33. The molecular weight excluding hydrogens is 300 g/mol. The average molecular weight is 326 g/mol. The Hall–Kier alpha value is -2.30. The SMILES string of the molecule is COc1ccc(CCNc2nccc(N3CCCC(C)C3)n2)cc1. The summed E-state index contributed by atoms with van der Waals surface area (Å²) < 4.78 is 5.18. The van der Waals surface area contributed by atoms with Gasteiger partial charge < -0.3 is 15.0 Å². The Morgan fingerprint density at radius 3 is 2.83 bits per heavy atom. The monoisotopic (exact) mass is 326 g/mol. The lowest BCUT2D eigenvalue weighted by atomic mass is 10.0. The highest BCUT2D eigenvalue weighted by molar-refractivity contribution is 5.43. The van der Waals surface area contributed by atoms with Crippen molar-refractivity contribution in [2.75, 3.05) is 37.0 Å². The molecule has 2 heterocycles. The first kappa shape index (κ1) is 16.6. The second-order valence-corrected chi connectivity index (χ2v) is 6.46. The summed E-state index contributed by atoms with van der Waals surface area (Å²) in [5.41, 5.74) is 1.27. The van der Waals surface area contributed by atoms with Crippen molar-refractivity contribution in [3.05, 3.63) is 42.1 Å². The molecule has 1 fully saturated rings. The standard InChI is InChI=1S/C19H26N4O/c1-15-4-3-13-23(14-15)18-10-12-21-19(22-18)20-11-9-16-5-7-17(24-2)8-6-16/h5-8,10,12,15H,3-4,9,11,13-14H2,1-2H3,(H,20,21,22). The molecule has 1 atom stereocenters. The molecule has 3 rings (SSSR count). The molecule has 1 saturated heterocycles. The van der Waals surface area contributed by atoms with Crippen LogP contribution in [0.2, 0.25) is 0 Å². The van der Waals surface area contributed by atoms with Gasteiger partial charge in [0.15, 0.2) is 0 Å². The Morgan fingerprint density at radius 2 is 2.08 bits per heavy atom. The zero-order valence-electron chi connectivity index (χ0n) is 14.5. The highest BCUT2D eigenvalue weighted by Crippen LogP contribution is 2.21. The number of anilines is 2. The molecule has 0 amide bonds. The average Bonchev–Trinajstić information content (AvgIpc) is 2.63. The number of piperidine rings is 1. The van der Waals surface area contributed by atoms with Gasteiger partial charge in [-0.2, -0.15) is 4.98 Å². The molecule has 5 nitrogen and oxygen atoms in total. The van der Waals surface area contributed by atoms with Gasteiger partial charge in [0.25, 0.3) is 0 Å². The lowest BCUT2D eigenvalue weighted by molar-refractivity contribution is 0.414. The van der Waals surface area contributed by atoms with Crippen LogP contribution in [0.15, 0.2) is 36.5 Å². The highest BCUT2D eigenvalue weighted by atomic mass is 16.5. The van der Waals surface area contributed by atoms with E-state index in [1.54, 1.807) is 7.11 Å². The predicted molar refractivity (Wildman–Crippen MR) is 97.8 cm³/mol. The van der Waals surface area contributed by atoms with Crippen LogP contribution in [0.1, 0.15) is 25.3 Å². The van der Waals surface area contributed by atoms with Gasteiger partial charge in [-0.15, -0.1) is 0 Å². The van der Waals surface area contributed by atoms with Crippen molar-refractivity contribution in [2.45, 2.75) is 26.2 Å². The maximum Gasteiger partial charge on any atom is 0.224 e. The third kappa shape index (κ3) is 4.37. The molecule has 0 saturated carbocycles. The Morgan fingerprint density at radius 1 is 1.25 bits per heavy atom. The van der Waals surface area contributed by atoms with Gasteiger partial charge in [0.2, 0.25) is 5.95 Å². The largest absolute Gasteiger partial charge is 0.497 e. The van der Waals surface area contributed by atoms with E-state index >= 15 is 0 Å². The Kier molecular flexibility index (Phi) is 5.51. The second-order valence-electron chi connectivity index (χ2n) is 6.46. The number of nitrogens with one attached hydrogen (secondary N) is 1. The van der Waals surface area contributed by atoms with E-state index in [9.17, 15) is 0 Å². The predicted octanol–water partition coefficient (Wildman–Crippen LogP) is 3.38. The normalized spacial score (nSPS) is 17.6. The molecule has 1 aliphatic heterocycles. The van der Waals surface area contributed by atoms with E-state index in [4.69, 9.17) is 4.74 Å². The van der Waals surface area contributed by atoms with E-state index < -0.39 is 0 Å². The number of benzene rings is 1. The number of hydrogen-bond donors (Lipinski definition) is 1. The van der Waals surface area contributed by atoms with Gasteiger partial charge in [-0.3, -0.25) is 0 Å². The van der Waals surface area contributed by atoms with Crippen LogP contribution in [0.5, 0.6) is 5.75 Å². The lowest BCUT2D eigenvalue weighted by Gasteiger charge is -2.31.